The minimum Gasteiger partial charge on any atom is -0.744 e. The molecule has 2 aromatic carbocycles. The van der Waals surface area contributed by atoms with Crippen LogP contribution in [-0.4, -0.2) is 13.0 Å². The standard InChI is InChI=1S/C30H48O3S.Na/c1-3-5-7-9-11-13-15-17-19-26-21-23-28-27(25-26)22-24-30(34(31,32)33)29(28)20-18-16-14-12-10-8-6-4-2;/h21-25H,3-20H2,1-2H3,(H,31,32,33);/q;+1/p-1. The SMILES string of the molecule is CCCCCCCCCCc1ccc2c(CCCCCCCCCC)c(S(=O)(=O)[O-])ccc2c1.[Na+]. The molecule has 0 spiro atoms. The molecule has 3 nitrogen and oxygen atoms in total. The smallest absolute Gasteiger partial charge is 0.744 e. The van der Waals surface area contributed by atoms with Gasteiger partial charge in [0.05, 0.1) is 4.90 Å². The molecular formula is C30H47NaO3S. The van der Waals surface area contributed by atoms with Gasteiger partial charge in [-0.3, -0.25) is 0 Å². The van der Waals surface area contributed by atoms with Crippen LogP contribution in [0.5, 0.6) is 0 Å². The minimum absolute atomic E-state index is 0. The first kappa shape index (κ1) is 32.6. The Morgan fingerprint density at radius 3 is 1.63 bits per heavy atom. The molecule has 0 saturated heterocycles. The van der Waals surface area contributed by atoms with Crippen molar-refractivity contribution in [3.8, 4) is 0 Å². The summed E-state index contributed by atoms with van der Waals surface area (Å²) in [5.41, 5.74) is 2.02. The first-order valence-corrected chi connectivity index (χ1v) is 15.4. The van der Waals surface area contributed by atoms with Gasteiger partial charge in [0, 0.05) is 0 Å². The van der Waals surface area contributed by atoms with Crippen molar-refractivity contribution in [3.05, 3.63) is 41.5 Å². The maximum Gasteiger partial charge on any atom is 1.00 e. The zero-order valence-electron chi connectivity index (χ0n) is 22.7. The van der Waals surface area contributed by atoms with Crippen LogP contribution in [0.4, 0.5) is 0 Å². The van der Waals surface area contributed by atoms with Crippen molar-refractivity contribution in [1.29, 1.82) is 0 Å². The normalized spacial score (nSPS) is 11.6. The third-order valence-electron chi connectivity index (χ3n) is 7.02. The summed E-state index contributed by atoms with van der Waals surface area (Å²) in [7, 11) is -4.47. The van der Waals surface area contributed by atoms with Crippen LogP contribution in [-0.2, 0) is 23.0 Å². The number of hydrogen-bond acceptors (Lipinski definition) is 3. The van der Waals surface area contributed by atoms with Crippen molar-refractivity contribution in [2.45, 2.75) is 134 Å². The molecule has 192 valence electrons. The number of benzene rings is 2. The monoisotopic (exact) mass is 510 g/mol. The van der Waals surface area contributed by atoms with E-state index >= 15 is 0 Å². The van der Waals surface area contributed by atoms with Crippen LogP contribution < -0.4 is 29.6 Å². The van der Waals surface area contributed by atoms with Crippen LogP contribution >= 0.6 is 0 Å². The van der Waals surface area contributed by atoms with E-state index in [0.717, 1.165) is 35.6 Å². The van der Waals surface area contributed by atoms with Gasteiger partial charge in [-0.05, 0) is 53.6 Å². The summed E-state index contributed by atoms with van der Waals surface area (Å²) >= 11 is 0. The second kappa shape index (κ2) is 18.8. The van der Waals surface area contributed by atoms with Crippen LogP contribution in [0, 0.1) is 0 Å². The Morgan fingerprint density at radius 2 is 1.11 bits per heavy atom. The predicted molar refractivity (Wildman–Crippen MR) is 145 cm³/mol. The van der Waals surface area contributed by atoms with Crippen molar-refractivity contribution in [1.82, 2.24) is 0 Å². The molecule has 0 aliphatic rings. The Balaban J connectivity index is 0.00000612. The quantitative estimate of drug-likeness (QED) is 0.130. The summed E-state index contributed by atoms with van der Waals surface area (Å²) in [5, 5.41) is 1.98. The molecule has 0 saturated carbocycles. The van der Waals surface area contributed by atoms with Crippen LogP contribution in [0.25, 0.3) is 10.8 Å². The van der Waals surface area contributed by atoms with E-state index < -0.39 is 10.1 Å². The summed E-state index contributed by atoms with van der Waals surface area (Å²) in [5.74, 6) is 0. The minimum atomic E-state index is -4.47. The van der Waals surface area contributed by atoms with Crippen LogP contribution in [0.2, 0.25) is 0 Å². The Morgan fingerprint density at radius 1 is 0.629 bits per heavy atom. The average molecular weight is 511 g/mol. The number of aryl methyl sites for hydroxylation is 2. The van der Waals surface area contributed by atoms with Gasteiger partial charge in [-0.2, -0.15) is 0 Å². The van der Waals surface area contributed by atoms with E-state index in [9.17, 15) is 13.0 Å². The zero-order valence-corrected chi connectivity index (χ0v) is 25.6. The summed E-state index contributed by atoms with van der Waals surface area (Å²) in [6.45, 7) is 4.48. The molecule has 0 fully saturated rings. The van der Waals surface area contributed by atoms with Gasteiger partial charge in [-0.25, -0.2) is 8.42 Å². The van der Waals surface area contributed by atoms with Gasteiger partial charge in [-0.1, -0.05) is 128 Å². The topological polar surface area (TPSA) is 57.2 Å². The molecule has 2 aromatic rings. The van der Waals surface area contributed by atoms with E-state index in [1.165, 1.54) is 102 Å². The van der Waals surface area contributed by atoms with Crippen molar-refractivity contribution in [2.75, 3.05) is 0 Å². The van der Waals surface area contributed by atoms with Crippen LogP contribution in [0.1, 0.15) is 128 Å². The molecule has 0 aromatic heterocycles. The van der Waals surface area contributed by atoms with Crippen LogP contribution in [0.15, 0.2) is 35.2 Å². The van der Waals surface area contributed by atoms with Crippen molar-refractivity contribution in [2.24, 2.45) is 0 Å². The van der Waals surface area contributed by atoms with E-state index in [1.54, 1.807) is 0 Å². The molecule has 0 aliphatic carbocycles. The molecule has 2 rings (SSSR count). The molecule has 0 heterocycles. The maximum absolute atomic E-state index is 11.9. The summed E-state index contributed by atoms with van der Waals surface area (Å²) in [6.07, 6.45) is 21.8. The van der Waals surface area contributed by atoms with Gasteiger partial charge in [0.25, 0.3) is 0 Å². The Bertz CT molecular complexity index is 940. The molecule has 0 amide bonds. The molecule has 35 heavy (non-hydrogen) atoms. The Hall–Kier alpha value is -0.390. The van der Waals surface area contributed by atoms with E-state index in [4.69, 9.17) is 0 Å². The third-order valence-corrected chi connectivity index (χ3v) is 7.94. The number of rotatable bonds is 19. The second-order valence-electron chi connectivity index (χ2n) is 10.0. The molecule has 0 N–H and O–H groups in total. The molecule has 0 radical (unpaired) electrons. The third kappa shape index (κ3) is 12.6. The molecule has 0 atom stereocenters. The van der Waals surface area contributed by atoms with Crippen LogP contribution in [0.3, 0.4) is 0 Å². The van der Waals surface area contributed by atoms with E-state index in [0.29, 0.717) is 6.42 Å². The van der Waals surface area contributed by atoms with Gasteiger partial charge in [0.2, 0.25) is 0 Å². The fourth-order valence-corrected chi connectivity index (χ4v) is 5.72. The largest absolute Gasteiger partial charge is 1.00 e. The number of fused-ring (bicyclic) bond motifs is 1. The first-order valence-electron chi connectivity index (χ1n) is 14.0. The fourth-order valence-electron chi connectivity index (χ4n) is 4.97. The van der Waals surface area contributed by atoms with Gasteiger partial charge >= 0.3 is 29.6 Å². The van der Waals surface area contributed by atoms with E-state index in [2.05, 4.69) is 26.0 Å². The molecule has 0 unspecified atom stereocenters. The van der Waals surface area contributed by atoms with Gasteiger partial charge < -0.3 is 4.55 Å². The maximum atomic E-state index is 11.9. The molecule has 0 bridgehead atoms. The second-order valence-corrected chi connectivity index (χ2v) is 11.3. The Kier molecular flexibility index (Phi) is 17.5. The van der Waals surface area contributed by atoms with E-state index in [1.807, 2.05) is 12.1 Å². The number of hydrogen-bond donors (Lipinski definition) is 0. The summed E-state index contributed by atoms with van der Waals surface area (Å²) in [4.78, 5) is -0.0289. The fraction of sp³-hybridized carbons (Fsp3) is 0.667. The molecule has 0 aliphatic heterocycles. The number of unbranched alkanes of at least 4 members (excludes halogenated alkanes) is 14. The van der Waals surface area contributed by atoms with Crippen molar-refractivity contribution < 1.29 is 42.5 Å². The molecule has 5 heteroatoms. The molecular weight excluding hydrogens is 463 g/mol. The van der Waals surface area contributed by atoms with Gasteiger partial charge in [0.15, 0.2) is 0 Å². The summed E-state index contributed by atoms with van der Waals surface area (Å²) < 4.78 is 35.8. The summed E-state index contributed by atoms with van der Waals surface area (Å²) in [6, 6.07) is 9.71. The van der Waals surface area contributed by atoms with Crippen molar-refractivity contribution in [3.63, 3.8) is 0 Å². The van der Waals surface area contributed by atoms with Gasteiger partial charge in [-0.15, -0.1) is 0 Å². The van der Waals surface area contributed by atoms with Crippen molar-refractivity contribution >= 4 is 20.9 Å². The zero-order chi connectivity index (χ0) is 24.7. The average Bonchev–Trinajstić information content (AvgIpc) is 2.81. The van der Waals surface area contributed by atoms with E-state index in [-0.39, 0.29) is 34.5 Å². The van der Waals surface area contributed by atoms with Gasteiger partial charge in [0.1, 0.15) is 10.1 Å². The predicted octanol–water partition coefficient (Wildman–Crippen LogP) is 6.11. The Labute approximate surface area is 237 Å². The first-order chi connectivity index (χ1) is 16.5.